The van der Waals surface area contributed by atoms with E-state index in [-0.39, 0.29) is 17.4 Å². The van der Waals surface area contributed by atoms with Crippen molar-refractivity contribution in [2.45, 2.75) is 13.3 Å². The molecule has 0 atom stereocenters. The summed E-state index contributed by atoms with van der Waals surface area (Å²) in [4.78, 5) is 31.9. The van der Waals surface area contributed by atoms with Gasteiger partial charge in [-0.2, -0.15) is 0 Å². The van der Waals surface area contributed by atoms with Gasteiger partial charge in [-0.05, 0) is 43.2 Å². The number of benzene rings is 2. The highest BCUT2D eigenvalue weighted by molar-refractivity contribution is 6.03. The predicted octanol–water partition coefficient (Wildman–Crippen LogP) is 3.59. The number of ketones is 1. The minimum Gasteiger partial charge on any atom is -0.370 e. The van der Waals surface area contributed by atoms with Gasteiger partial charge in [0.2, 0.25) is 0 Å². The number of carbonyl (C=O) groups excluding carboxylic acids is 2. The second kappa shape index (κ2) is 8.71. The third-order valence-electron chi connectivity index (χ3n) is 4.01. The number of aromatic nitrogens is 2. The first kappa shape index (κ1) is 18.3. The quantitative estimate of drug-likeness (QED) is 0.629. The fourth-order valence-corrected chi connectivity index (χ4v) is 2.54. The summed E-state index contributed by atoms with van der Waals surface area (Å²) < 4.78 is 0. The van der Waals surface area contributed by atoms with Gasteiger partial charge in [-0.3, -0.25) is 9.59 Å². The summed E-state index contributed by atoms with van der Waals surface area (Å²) in [6.07, 6.45) is 2.22. The van der Waals surface area contributed by atoms with E-state index in [1.165, 1.54) is 18.8 Å². The zero-order chi connectivity index (χ0) is 19.1. The number of hydrogen-bond acceptors (Lipinski definition) is 5. The molecule has 0 aliphatic rings. The van der Waals surface area contributed by atoms with Gasteiger partial charge in [-0.1, -0.05) is 30.3 Å². The Morgan fingerprint density at radius 2 is 1.70 bits per heavy atom. The second-order valence-corrected chi connectivity index (χ2v) is 6.04. The maximum absolute atomic E-state index is 12.4. The number of amides is 1. The van der Waals surface area contributed by atoms with Gasteiger partial charge in [-0.25, -0.2) is 9.97 Å². The molecule has 1 amide bonds. The van der Waals surface area contributed by atoms with Gasteiger partial charge in [-0.15, -0.1) is 0 Å². The Bertz CT molecular complexity index is 924. The number of anilines is 2. The van der Waals surface area contributed by atoms with E-state index in [9.17, 15) is 9.59 Å². The molecule has 6 heteroatoms. The normalized spacial score (nSPS) is 10.3. The first-order valence-electron chi connectivity index (χ1n) is 8.64. The average Bonchev–Trinajstić information content (AvgIpc) is 2.69. The fraction of sp³-hybridized carbons (Fsp3) is 0.143. The van der Waals surface area contributed by atoms with E-state index in [1.807, 2.05) is 18.2 Å². The lowest BCUT2D eigenvalue weighted by atomic mass is 10.1. The Morgan fingerprint density at radius 3 is 2.41 bits per heavy atom. The van der Waals surface area contributed by atoms with Crippen LogP contribution in [0.3, 0.4) is 0 Å². The monoisotopic (exact) mass is 360 g/mol. The van der Waals surface area contributed by atoms with Crippen LogP contribution in [0.4, 0.5) is 11.5 Å². The summed E-state index contributed by atoms with van der Waals surface area (Å²) in [5.74, 6) is 0.243. The number of hydrogen-bond donors (Lipinski definition) is 2. The lowest BCUT2D eigenvalue weighted by molar-refractivity contribution is 0.101. The molecule has 0 bridgehead atoms. The molecule has 2 N–H and O–H groups in total. The largest absolute Gasteiger partial charge is 0.370 e. The molecule has 0 radical (unpaired) electrons. The van der Waals surface area contributed by atoms with Crippen molar-refractivity contribution in [2.75, 3.05) is 17.2 Å². The highest BCUT2D eigenvalue weighted by atomic mass is 16.2. The van der Waals surface area contributed by atoms with Gasteiger partial charge in [0.15, 0.2) is 5.78 Å². The molecule has 1 heterocycles. The summed E-state index contributed by atoms with van der Waals surface area (Å²) in [6, 6.07) is 18.5. The topological polar surface area (TPSA) is 84.0 Å². The molecule has 2 aromatic carbocycles. The summed E-state index contributed by atoms with van der Waals surface area (Å²) >= 11 is 0. The first-order chi connectivity index (χ1) is 13.1. The van der Waals surface area contributed by atoms with E-state index < -0.39 is 0 Å². The molecule has 0 fully saturated rings. The Morgan fingerprint density at radius 1 is 0.963 bits per heavy atom. The van der Waals surface area contributed by atoms with Crippen molar-refractivity contribution < 1.29 is 9.59 Å². The van der Waals surface area contributed by atoms with Gasteiger partial charge in [0.25, 0.3) is 5.91 Å². The standard InChI is InChI=1S/C21H20N4O2/c1-15(26)17-7-9-18(10-8-17)25-21(27)19-13-20(24-14-23-19)22-12-11-16-5-3-2-4-6-16/h2-10,13-14H,11-12H2,1H3,(H,25,27)(H,22,23,24). The van der Waals surface area contributed by atoms with Crippen LogP contribution in [0.1, 0.15) is 33.3 Å². The second-order valence-electron chi connectivity index (χ2n) is 6.04. The van der Waals surface area contributed by atoms with Crippen LogP contribution in [0.25, 0.3) is 0 Å². The molecule has 6 nitrogen and oxygen atoms in total. The van der Waals surface area contributed by atoms with Gasteiger partial charge >= 0.3 is 0 Å². The Balaban J connectivity index is 1.58. The molecule has 0 saturated heterocycles. The third kappa shape index (κ3) is 5.22. The van der Waals surface area contributed by atoms with E-state index in [4.69, 9.17) is 0 Å². The van der Waals surface area contributed by atoms with Crippen LogP contribution in [0, 0.1) is 0 Å². The van der Waals surface area contributed by atoms with Crippen molar-refractivity contribution in [1.29, 1.82) is 0 Å². The molecule has 0 spiro atoms. The number of nitrogens with one attached hydrogen (secondary N) is 2. The van der Waals surface area contributed by atoms with Crippen LogP contribution < -0.4 is 10.6 Å². The van der Waals surface area contributed by atoms with Crippen molar-refractivity contribution in [3.05, 3.63) is 83.8 Å². The van der Waals surface area contributed by atoms with Gasteiger partial charge in [0.1, 0.15) is 17.8 Å². The Kier molecular flexibility index (Phi) is 5.89. The van der Waals surface area contributed by atoms with E-state index in [2.05, 4.69) is 32.7 Å². The van der Waals surface area contributed by atoms with Gasteiger partial charge < -0.3 is 10.6 Å². The van der Waals surface area contributed by atoms with E-state index in [1.54, 1.807) is 30.3 Å². The molecule has 0 unspecified atom stereocenters. The molecule has 0 aliphatic heterocycles. The highest BCUT2D eigenvalue weighted by Crippen LogP contribution is 2.12. The zero-order valence-electron chi connectivity index (χ0n) is 15.0. The van der Waals surface area contributed by atoms with Crippen LogP contribution in [0.5, 0.6) is 0 Å². The third-order valence-corrected chi connectivity index (χ3v) is 4.01. The maximum atomic E-state index is 12.4. The average molecular weight is 360 g/mol. The molecular formula is C21H20N4O2. The lowest BCUT2D eigenvalue weighted by Gasteiger charge is -2.08. The van der Waals surface area contributed by atoms with E-state index >= 15 is 0 Å². The highest BCUT2D eigenvalue weighted by Gasteiger charge is 2.09. The van der Waals surface area contributed by atoms with Crippen molar-refractivity contribution in [3.63, 3.8) is 0 Å². The fourth-order valence-electron chi connectivity index (χ4n) is 2.54. The van der Waals surface area contributed by atoms with Crippen LogP contribution in [0.2, 0.25) is 0 Å². The zero-order valence-corrected chi connectivity index (χ0v) is 15.0. The van der Waals surface area contributed by atoms with E-state index in [0.717, 1.165) is 6.42 Å². The van der Waals surface area contributed by atoms with Crippen molar-refractivity contribution >= 4 is 23.2 Å². The SMILES string of the molecule is CC(=O)c1ccc(NC(=O)c2cc(NCCc3ccccc3)ncn2)cc1. The van der Waals surface area contributed by atoms with Crippen LogP contribution in [-0.4, -0.2) is 28.2 Å². The van der Waals surface area contributed by atoms with Crippen LogP contribution in [0.15, 0.2) is 67.0 Å². The summed E-state index contributed by atoms with van der Waals surface area (Å²) in [5.41, 5.74) is 2.69. The number of rotatable bonds is 7. The van der Waals surface area contributed by atoms with Gasteiger partial charge in [0, 0.05) is 23.9 Å². The van der Waals surface area contributed by atoms with Crippen molar-refractivity contribution in [1.82, 2.24) is 9.97 Å². The lowest BCUT2D eigenvalue weighted by Crippen LogP contribution is -2.15. The summed E-state index contributed by atoms with van der Waals surface area (Å²) in [6.45, 7) is 2.20. The molecule has 136 valence electrons. The molecular weight excluding hydrogens is 340 g/mol. The molecule has 27 heavy (non-hydrogen) atoms. The molecule has 1 aromatic heterocycles. The number of Topliss-reactive ketones (excluding diaryl/α,β-unsaturated/α-hetero) is 1. The van der Waals surface area contributed by atoms with Gasteiger partial charge in [0.05, 0.1) is 0 Å². The minimum absolute atomic E-state index is 0.0186. The number of nitrogens with zero attached hydrogens (tertiary/aromatic N) is 2. The smallest absolute Gasteiger partial charge is 0.274 e. The van der Waals surface area contributed by atoms with Crippen molar-refractivity contribution in [2.24, 2.45) is 0 Å². The number of carbonyl (C=O) groups is 2. The first-order valence-corrected chi connectivity index (χ1v) is 8.64. The molecule has 3 rings (SSSR count). The van der Waals surface area contributed by atoms with E-state index in [0.29, 0.717) is 23.6 Å². The minimum atomic E-state index is -0.334. The van der Waals surface area contributed by atoms with Crippen LogP contribution >= 0.6 is 0 Å². The molecule has 3 aromatic rings. The maximum Gasteiger partial charge on any atom is 0.274 e. The van der Waals surface area contributed by atoms with Crippen LogP contribution in [-0.2, 0) is 6.42 Å². The Labute approximate surface area is 157 Å². The summed E-state index contributed by atoms with van der Waals surface area (Å²) in [5, 5.41) is 5.97. The van der Waals surface area contributed by atoms with Crippen molar-refractivity contribution in [3.8, 4) is 0 Å². The predicted molar refractivity (Wildman–Crippen MR) is 105 cm³/mol. The molecule has 0 saturated carbocycles. The summed E-state index contributed by atoms with van der Waals surface area (Å²) in [7, 11) is 0. The molecule has 0 aliphatic carbocycles. The Hall–Kier alpha value is -3.54.